The van der Waals surface area contributed by atoms with Crippen LogP contribution < -0.4 is 0 Å². The monoisotopic (exact) mass is 560 g/mol. The Morgan fingerprint density at radius 2 is 1.27 bits per heavy atom. The second-order valence-electron chi connectivity index (χ2n) is 12.3. The van der Waals surface area contributed by atoms with E-state index in [4.69, 9.17) is 4.98 Å². The van der Waals surface area contributed by atoms with Gasteiger partial charge in [-0.3, -0.25) is 4.57 Å². The van der Waals surface area contributed by atoms with Gasteiger partial charge in [0, 0.05) is 34.5 Å². The van der Waals surface area contributed by atoms with Crippen molar-refractivity contribution in [1.82, 2.24) is 9.55 Å². The average Bonchev–Trinajstić information content (AvgIpc) is 3.70. The minimum Gasteiger partial charge on any atom is -0.294 e. The highest BCUT2D eigenvalue weighted by Crippen LogP contribution is 2.65. The van der Waals surface area contributed by atoms with Crippen molar-refractivity contribution < 1.29 is 0 Å². The molecule has 7 aromatic rings. The molecule has 44 heavy (non-hydrogen) atoms. The van der Waals surface area contributed by atoms with Crippen LogP contribution in [0, 0.1) is 5.92 Å². The predicted octanol–water partition coefficient (Wildman–Crippen LogP) is 10.00. The smallest absolute Gasteiger partial charge is 0.145 e. The van der Waals surface area contributed by atoms with E-state index < -0.39 is 0 Å². The number of allylic oxidation sites excluding steroid dienone is 4. The van der Waals surface area contributed by atoms with E-state index >= 15 is 0 Å². The van der Waals surface area contributed by atoms with Crippen molar-refractivity contribution in [2.75, 3.05) is 0 Å². The maximum absolute atomic E-state index is 4.83. The van der Waals surface area contributed by atoms with Crippen molar-refractivity contribution in [3.8, 4) is 27.9 Å². The summed E-state index contributed by atoms with van der Waals surface area (Å²) in [5.74, 6) is 0.681. The van der Waals surface area contributed by atoms with Gasteiger partial charge in [-0.25, -0.2) is 4.98 Å². The molecular weight excluding hydrogens is 532 g/mol. The standard InChI is InChI=1S/C42H28N2/c1-2-11-29(12-3-1)44-40-23-21-27(25-35(40)34-16-10-24-43-41(34)44)28-20-22-33-32-15-6-9-19-38(32)42(39(33)26-28)36-17-7-4-13-30(36)31-14-5-8-18-37(31)42/h1-26,32,38H. The van der Waals surface area contributed by atoms with Crippen LogP contribution in [-0.4, -0.2) is 9.55 Å². The third kappa shape index (κ3) is 2.97. The highest BCUT2D eigenvalue weighted by molar-refractivity contribution is 6.09. The van der Waals surface area contributed by atoms with E-state index in [1.54, 1.807) is 0 Å². The average molecular weight is 561 g/mol. The van der Waals surface area contributed by atoms with Crippen LogP contribution in [0.5, 0.6) is 0 Å². The quantitative estimate of drug-likeness (QED) is 0.206. The van der Waals surface area contributed by atoms with Crippen LogP contribution in [0.2, 0.25) is 0 Å². The molecule has 2 unspecified atom stereocenters. The first-order valence-corrected chi connectivity index (χ1v) is 15.5. The Hall–Kier alpha value is -5.47. The van der Waals surface area contributed by atoms with Gasteiger partial charge in [-0.1, -0.05) is 109 Å². The molecule has 3 aliphatic rings. The second-order valence-corrected chi connectivity index (χ2v) is 12.3. The molecule has 2 heteroatoms. The van der Waals surface area contributed by atoms with Crippen LogP contribution >= 0.6 is 0 Å². The molecule has 206 valence electrons. The third-order valence-corrected chi connectivity index (χ3v) is 10.3. The summed E-state index contributed by atoms with van der Waals surface area (Å²) in [6, 6.07) is 47.1. The van der Waals surface area contributed by atoms with Gasteiger partial charge in [-0.2, -0.15) is 0 Å². The van der Waals surface area contributed by atoms with Gasteiger partial charge in [0.05, 0.1) is 10.9 Å². The maximum atomic E-state index is 4.83. The van der Waals surface area contributed by atoms with Crippen LogP contribution in [0.4, 0.5) is 0 Å². The summed E-state index contributed by atoms with van der Waals surface area (Å²) in [4.78, 5) is 4.83. The van der Waals surface area contributed by atoms with E-state index in [-0.39, 0.29) is 5.41 Å². The van der Waals surface area contributed by atoms with Gasteiger partial charge in [0.25, 0.3) is 0 Å². The van der Waals surface area contributed by atoms with Gasteiger partial charge in [0.1, 0.15) is 5.65 Å². The molecule has 2 aromatic heterocycles. The molecule has 3 aliphatic carbocycles. The number of para-hydroxylation sites is 1. The molecule has 0 radical (unpaired) electrons. The van der Waals surface area contributed by atoms with Crippen LogP contribution in [0.3, 0.4) is 0 Å². The fourth-order valence-electron chi connectivity index (χ4n) is 8.65. The lowest BCUT2D eigenvalue weighted by atomic mass is 9.65. The summed E-state index contributed by atoms with van der Waals surface area (Å²) < 4.78 is 2.28. The molecule has 0 aliphatic heterocycles. The number of hydrogen-bond donors (Lipinski definition) is 0. The van der Waals surface area contributed by atoms with Gasteiger partial charge in [-0.05, 0) is 87.0 Å². The van der Waals surface area contributed by atoms with E-state index in [9.17, 15) is 0 Å². The SMILES string of the molecule is C1=CC2c3ccc(-c4ccc5c(c4)c4cccnc4n5-c4ccccc4)cc3C3(c4ccccc4-c4ccccc43)C2C=C1. The molecule has 0 amide bonds. The Labute approximate surface area is 256 Å². The molecule has 0 fully saturated rings. The topological polar surface area (TPSA) is 17.8 Å². The van der Waals surface area contributed by atoms with Crippen LogP contribution in [-0.2, 0) is 5.41 Å². The molecule has 2 nitrogen and oxygen atoms in total. The van der Waals surface area contributed by atoms with Crippen molar-refractivity contribution in [3.05, 3.63) is 180 Å². The highest BCUT2D eigenvalue weighted by Gasteiger charge is 2.56. The first-order chi connectivity index (χ1) is 21.8. The molecule has 5 aromatic carbocycles. The Balaban J connectivity index is 1.23. The van der Waals surface area contributed by atoms with E-state index in [0.29, 0.717) is 11.8 Å². The molecule has 2 atom stereocenters. The Morgan fingerprint density at radius 3 is 2.09 bits per heavy atom. The van der Waals surface area contributed by atoms with E-state index in [1.807, 2.05) is 12.3 Å². The molecule has 2 heterocycles. The summed E-state index contributed by atoms with van der Waals surface area (Å²) >= 11 is 0. The number of hydrogen-bond acceptors (Lipinski definition) is 1. The molecular formula is C42H28N2. The molecule has 1 spiro atoms. The zero-order valence-electron chi connectivity index (χ0n) is 24.1. The van der Waals surface area contributed by atoms with Crippen molar-refractivity contribution in [2.45, 2.75) is 11.3 Å². The minimum atomic E-state index is -0.220. The number of nitrogens with zero attached hydrogens (tertiary/aromatic N) is 2. The Kier molecular flexibility index (Phi) is 4.79. The Morgan fingerprint density at radius 1 is 0.568 bits per heavy atom. The summed E-state index contributed by atoms with van der Waals surface area (Å²) in [7, 11) is 0. The first kappa shape index (κ1) is 24.0. The van der Waals surface area contributed by atoms with E-state index in [2.05, 4.69) is 150 Å². The number of benzene rings is 5. The number of aromatic nitrogens is 2. The minimum absolute atomic E-state index is 0.220. The van der Waals surface area contributed by atoms with Crippen LogP contribution in [0.1, 0.15) is 28.2 Å². The maximum Gasteiger partial charge on any atom is 0.145 e. The van der Waals surface area contributed by atoms with Gasteiger partial charge in [-0.15, -0.1) is 0 Å². The van der Waals surface area contributed by atoms with E-state index in [1.165, 1.54) is 60.8 Å². The third-order valence-electron chi connectivity index (χ3n) is 10.3. The Bertz CT molecular complexity index is 2310. The predicted molar refractivity (Wildman–Crippen MR) is 180 cm³/mol. The van der Waals surface area contributed by atoms with Gasteiger partial charge < -0.3 is 0 Å². The van der Waals surface area contributed by atoms with Crippen molar-refractivity contribution >= 4 is 21.9 Å². The molecule has 0 saturated carbocycles. The summed E-state index contributed by atoms with van der Waals surface area (Å²) in [5, 5.41) is 2.39. The summed E-state index contributed by atoms with van der Waals surface area (Å²) in [6.45, 7) is 0. The van der Waals surface area contributed by atoms with Gasteiger partial charge in [0.15, 0.2) is 0 Å². The normalized spacial score (nSPS) is 18.5. The van der Waals surface area contributed by atoms with Crippen molar-refractivity contribution in [3.63, 3.8) is 0 Å². The van der Waals surface area contributed by atoms with Crippen molar-refractivity contribution in [1.29, 1.82) is 0 Å². The lowest BCUT2D eigenvalue weighted by Gasteiger charge is -2.36. The zero-order valence-corrected chi connectivity index (χ0v) is 24.1. The summed E-state index contributed by atoms with van der Waals surface area (Å²) in [5.41, 5.74) is 14.0. The van der Waals surface area contributed by atoms with E-state index in [0.717, 1.165) is 11.3 Å². The summed E-state index contributed by atoms with van der Waals surface area (Å²) in [6.07, 6.45) is 11.2. The first-order valence-electron chi connectivity index (χ1n) is 15.5. The largest absolute Gasteiger partial charge is 0.294 e. The van der Waals surface area contributed by atoms with Crippen LogP contribution in [0.25, 0.3) is 49.9 Å². The highest BCUT2D eigenvalue weighted by atomic mass is 15.0. The molecule has 0 bridgehead atoms. The van der Waals surface area contributed by atoms with Gasteiger partial charge in [0.2, 0.25) is 0 Å². The molecule has 0 saturated heterocycles. The molecule has 0 N–H and O–H groups in total. The second kappa shape index (κ2) is 8.78. The zero-order chi connectivity index (χ0) is 28.8. The fourth-order valence-corrected chi connectivity index (χ4v) is 8.65. The van der Waals surface area contributed by atoms with Gasteiger partial charge >= 0.3 is 0 Å². The number of fused-ring (bicyclic) bond motifs is 13. The van der Waals surface area contributed by atoms with Crippen LogP contribution in [0.15, 0.2) is 158 Å². The lowest BCUT2D eigenvalue weighted by Crippen LogP contribution is -2.32. The van der Waals surface area contributed by atoms with Crippen molar-refractivity contribution in [2.24, 2.45) is 5.92 Å². The number of pyridine rings is 1. The molecule has 10 rings (SSSR count). The fraction of sp³-hybridized carbons (Fsp3) is 0.0714. The number of rotatable bonds is 2. The lowest BCUT2D eigenvalue weighted by molar-refractivity contribution is 0.465.